The third-order valence-electron chi connectivity index (χ3n) is 4.18. The molecule has 2 heterocycles. The molecule has 1 aromatic rings. The van der Waals surface area contributed by atoms with Crippen LogP contribution in [0.2, 0.25) is 0 Å². The van der Waals surface area contributed by atoms with Crippen molar-refractivity contribution in [3.8, 4) is 0 Å². The van der Waals surface area contributed by atoms with E-state index >= 15 is 0 Å². The lowest BCUT2D eigenvalue weighted by Gasteiger charge is -2.27. The third-order valence-corrected chi connectivity index (χ3v) is 4.18. The maximum Gasteiger partial charge on any atom is 0.149 e. The Morgan fingerprint density at radius 3 is 2.76 bits per heavy atom. The Kier molecular flexibility index (Phi) is 2.98. The average molecular weight is 229 g/mol. The Hall–Kier alpha value is -1.15. The highest BCUT2D eigenvalue weighted by atomic mass is 16.1. The van der Waals surface area contributed by atoms with E-state index in [-0.39, 0.29) is 6.04 Å². The van der Waals surface area contributed by atoms with E-state index < -0.39 is 0 Å². The normalized spacial score (nSPS) is 29.3. The van der Waals surface area contributed by atoms with Crippen molar-refractivity contribution in [2.75, 3.05) is 0 Å². The first-order valence-corrected chi connectivity index (χ1v) is 6.67. The van der Waals surface area contributed by atoms with Gasteiger partial charge in [-0.2, -0.15) is 0 Å². The van der Waals surface area contributed by atoms with Gasteiger partial charge >= 0.3 is 0 Å². The first kappa shape index (κ1) is 11.0. The van der Waals surface area contributed by atoms with E-state index in [1.807, 2.05) is 6.07 Å². The predicted octanol–water partition coefficient (Wildman–Crippen LogP) is 2.77. The number of ketones is 1. The second-order valence-electron chi connectivity index (χ2n) is 5.26. The van der Waals surface area contributed by atoms with Crippen molar-refractivity contribution in [2.45, 2.75) is 50.7 Å². The van der Waals surface area contributed by atoms with Gasteiger partial charge in [0.25, 0.3) is 0 Å². The summed E-state index contributed by atoms with van der Waals surface area (Å²) in [6.07, 6.45) is 5.38. The van der Waals surface area contributed by atoms with Crippen LogP contribution < -0.4 is 0 Å². The fourth-order valence-corrected chi connectivity index (χ4v) is 3.30. The minimum absolute atomic E-state index is 0.211. The monoisotopic (exact) mass is 229 g/mol. The van der Waals surface area contributed by atoms with Crippen LogP contribution in [-0.2, 0) is 11.3 Å². The molecule has 2 saturated heterocycles. The highest BCUT2D eigenvalue weighted by Crippen LogP contribution is 2.33. The highest BCUT2D eigenvalue weighted by Gasteiger charge is 2.38. The molecule has 2 fully saturated rings. The van der Waals surface area contributed by atoms with Crippen LogP contribution in [0.1, 0.15) is 37.7 Å². The highest BCUT2D eigenvalue weighted by molar-refractivity contribution is 5.84. The van der Waals surface area contributed by atoms with Crippen molar-refractivity contribution in [1.29, 1.82) is 0 Å². The quantitative estimate of drug-likeness (QED) is 0.777. The molecule has 0 spiro atoms. The van der Waals surface area contributed by atoms with E-state index in [0.29, 0.717) is 11.8 Å². The Morgan fingerprint density at radius 2 is 1.94 bits per heavy atom. The summed E-state index contributed by atoms with van der Waals surface area (Å²) >= 11 is 0. The molecule has 0 saturated carbocycles. The number of Topliss-reactive ketones (excluding diaryl/α,β-unsaturated/α-hetero) is 1. The number of nitrogens with zero attached hydrogens (tertiary/aromatic N) is 1. The van der Waals surface area contributed by atoms with Crippen molar-refractivity contribution in [1.82, 2.24) is 4.90 Å². The van der Waals surface area contributed by atoms with E-state index in [9.17, 15) is 4.79 Å². The molecule has 0 radical (unpaired) electrons. The number of benzene rings is 1. The predicted molar refractivity (Wildman–Crippen MR) is 67.7 cm³/mol. The summed E-state index contributed by atoms with van der Waals surface area (Å²) in [4.78, 5) is 14.5. The van der Waals surface area contributed by atoms with Crippen LogP contribution >= 0.6 is 0 Å². The molecule has 2 nitrogen and oxygen atoms in total. The van der Waals surface area contributed by atoms with Gasteiger partial charge in [0.15, 0.2) is 0 Å². The number of hydrogen-bond donors (Lipinski definition) is 0. The van der Waals surface area contributed by atoms with Crippen molar-refractivity contribution < 1.29 is 4.79 Å². The summed E-state index contributed by atoms with van der Waals surface area (Å²) in [5.74, 6) is 0.473. The van der Waals surface area contributed by atoms with Crippen LogP contribution in [0.3, 0.4) is 0 Å². The molecule has 0 N–H and O–H groups in total. The van der Waals surface area contributed by atoms with Gasteiger partial charge in [0, 0.05) is 19.0 Å². The van der Waals surface area contributed by atoms with Crippen LogP contribution in [-0.4, -0.2) is 22.8 Å². The number of fused-ring (bicyclic) bond motifs is 2. The second kappa shape index (κ2) is 4.61. The molecule has 2 atom stereocenters. The van der Waals surface area contributed by atoms with Gasteiger partial charge in [0.05, 0.1) is 6.04 Å². The van der Waals surface area contributed by atoms with Gasteiger partial charge in [-0.15, -0.1) is 0 Å². The number of carbonyl (C=O) groups excluding carboxylic acids is 1. The molecule has 2 unspecified atom stereocenters. The van der Waals surface area contributed by atoms with Crippen molar-refractivity contribution >= 4 is 5.78 Å². The lowest BCUT2D eigenvalue weighted by Crippen LogP contribution is -2.38. The smallest absolute Gasteiger partial charge is 0.149 e. The molecule has 2 bridgehead atoms. The van der Waals surface area contributed by atoms with Crippen LogP contribution in [0, 0.1) is 0 Å². The second-order valence-corrected chi connectivity index (χ2v) is 5.26. The van der Waals surface area contributed by atoms with E-state index in [1.165, 1.54) is 18.4 Å². The third kappa shape index (κ3) is 2.14. The zero-order valence-corrected chi connectivity index (χ0v) is 10.1. The lowest BCUT2D eigenvalue weighted by atomic mass is 10.0. The SMILES string of the molecule is O=C1CCCC2CCC1N2Cc1ccccc1. The number of rotatable bonds is 2. The lowest BCUT2D eigenvalue weighted by molar-refractivity contribution is -0.123. The fourth-order valence-electron chi connectivity index (χ4n) is 3.30. The molecule has 1 aromatic carbocycles. The molecule has 2 aliphatic heterocycles. The van der Waals surface area contributed by atoms with E-state index in [1.54, 1.807) is 0 Å². The summed E-state index contributed by atoms with van der Waals surface area (Å²) < 4.78 is 0. The summed E-state index contributed by atoms with van der Waals surface area (Å²) in [7, 11) is 0. The largest absolute Gasteiger partial charge is 0.298 e. The van der Waals surface area contributed by atoms with Gasteiger partial charge in [0.1, 0.15) is 5.78 Å². The van der Waals surface area contributed by atoms with E-state index in [2.05, 4.69) is 29.2 Å². The van der Waals surface area contributed by atoms with Crippen LogP contribution in [0.4, 0.5) is 0 Å². The van der Waals surface area contributed by atoms with Crippen LogP contribution in [0.15, 0.2) is 30.3 Å². The van der Waals surface area contributed by atoms with Crippen molar-refractivity contribution in [3.63, 3.8) is 0 Å². The topological polar surface area (TPSA) is 20.3 Å². The summed E-state index contributed by atoms with van der Waals surface area (Å²) in [6, 6.07) is 11.4. The van der Waals surface area contributed by atoms with Crippen molar-refractivity contribution in [3.05, 3.63) is 35.9 Å². The van der Waals surface area contributed by atoms with Gasteiger partial charge in [-0.05, 0) is 31.2 Å². The molecule has 2 heteroatoms. The van der Waals surface area contributed by atoms with Crippen molar-refractivity contribution in [2.24, 2.45) is 0 Å². The standard InChI is InChI=1S/C15H19NO/c17-15-8-4-7-13-9-10-14(15)16(13)11-12-5-2-1-3-6-12/h1-3,5-6,13-14H,4,7-11H2. The van der Waals surface area contributed by atoms with E-state index in [0.717, 1.165) is 25.8 Å². The average Bonchev–Trinajstić information content (AvgIpc) is 2.66. The van der Waals surface area contributed by atoms with E-state index in [4.69, 9.17) is 0 Å². The molecule has 3 rings (SSSR count). The molecule has 0 amide bonds. The first-order chi connectivity index (χ1) is 8.34. The molecule has 0 aliphatic carbocycles. The number of carbonyl (C=O) groups is 1. The summed E-state index contributed by atoms with van der Waals surface area (Å²) in [5, 5.41) is 0. The summed E-state index contributed by atoms with van der Waals surface area (Å²) in [5.41, 5.74) is 1.33. The number of hydrogen-bond acceptors (Lipinski definition) is 2. The van der Waals surface area contributed by atoms with Gasteiger partial charge < -0.3 is 0 Å². The van der Waals surface area contributed by atoms with Crippen LogP contribution in [0.5, 0.6) is 0 Å². The Labute approximate surface area is 103 Å². The zero-order chi connectivity index (χ0) is 11.7. The molecule has 2 aliphatic rings. The van der Waals surface area contributed by atoms with Gasteiger partial charge in [-0.3, -0.25) is 9.69 Å². The Balaban J connectivity index is 1.80. The molecule has 90 valence electrons. The Bertz CT molecular complexity index is 401. The van der Waals surface area contributed by atoms with Gasteiger partial charge in [-0.25, -0.2) is 0 Å². The minimum atomic E-state index is 0.211. The summed E-state index contributed by atoms with van der Waals surface area (Å²) in [6.45, 7) is 0.946. The van der Waals surface area contributed by atoms with Crippen LogP contribution in [0.25, 0.3) is 0 Å². The minimum Gasteiger partial charge on any atom is -0.298 e. The maximum absolute atomic E-state index is 12.0. The molecular weight excluding hydrogens is 210 g/mol. The molecule has 17 heavy (non-hydrogen) atoms. The molecule has 0 aromatic heterocycles. The Morgan fingerprint density at radius 1 is 1.12 bits per heavy atom. The zero-order valence-electron chi connectivity index (χ0n) is 10.1. The van der Waals surface area contributed by atoms with Gasteiger partial charge in [0.2, 0.25) is 0 Å². The van der Waals surface area contributed by atoms with Gasteiger partial charge in [-0.1, -0.05) is 30.3 Å². The fraction of sp³-hybridized carbons (Fsp3) is 0.533. The molecular formula is C15H19NO. The maximum atomic E-state index is 12.0. The first-order valence-electron chi connectivity index (χ1n) is 6.67.